The molecule has 0 saturated heterocycles. The van der Waals surface area contributed by atoms with Gasteiger partial charge in [0.2, 0.25) is 5.28 Å². The second kappa shape index (κ2) is 5.48. The first-order chi connectivity index (χ1) is 9.08. The fourth-order valence-corrected chi connectivity index (χ4v) is 1.96. The first kappa shape index (κ1) is 13.7. The maximum atomic E-state index is 12.1. The average Bonchev–Trinajstić information content (AvgIpc) is 2.38. The highest BCUT2D eigenvalue weighted by Gasteiger charge is 2.13. The summed E-state index contributed by atoms with van der Waals surface area (Å²) in [4.78, 5) is 16.3. The molecule has 5 nitrogen and oxygen atoms in total. The van der Waals surface area contributed by atoms with E-state index in [1.165, 1.54) is 4.57 Å². The summed E-state index contributed by atoms with van der Waals surface area (Å²) in [6.07, 6.45) is 0. The zero-order valence-corrected chi connectivity index (χ0v) is 11.8. The van der Waals surface area contributed by atoms with Gasteiger partial charge in [0.15, 0.2) is 11.5 Å². The van der Waals surface area contributed by atoms with Crippen LogP contribution in [-0.2, 0) is 7.05 Å². The van der Waals surface area contributed by atoms with Crippen LogP contribution in [0.4, 0.5) is 0 Å². The topological polar surface area (TPSA) is 53.4 Å². The summed E-state index contributed by atoms with van der Waals surface area (Å²) in [6, 6.07) is 3.33. The van der Waals surface area contributed by atoms with Gasteiger partial charge in [0.05, 0.1) is 24.1 Å². The van der Waals surface area contributed by atoms with Crippen molar-refractivity contribution in [1.29, 1.82) is 0 Å². The molecule has 19 heavy (non-hydrogen) atoms. The monoisotopic (exact) mass is 282 g/mol. The van der Waals surface area contributed by atoms with E-state index >= 15 is 0 Å². The number of aromatic nitrogens is 2. The van der Waals surface area contributed by atoms with Crippen LogP contribution in [0.1, 0.15) is 13.8 Å². The fourth-order valence-electron chi connectivity index (χ4n) is 1.79. The molecule has 1 heterocycles. The summed E-state index contributed by atoms with van der Waals surface area (Å²) in [5.74, 6) is 1.10. The van der Waals surface area contributed by atoms with Crippen LogP contribution < -0.4 is 15.0 Å². The van der Waals surface area contributed by atoms with Gasteiger partial charge in [0.1, 0.15) is 0 Å². The smallest absolute Gasteiger partial charge is 0.262 e. The van der Waals surface area contributed by atoms with Gasteiger partial charge < -0.3 is 9.47 Å². The third kappa shape index (κ3) is 2.51. The van der Waals surface area contributed by atoms with E-state index in [0.717, 1.165) is 0 Å². The summed E-state index contributed by atoms with van der Waals surface area (Å²) in [5, 5.41) is 0.600. The summed E-state index contributed by atoms with van der Waals surface area (Å²) in [5.41, 5.74) is 0.291. The Morgan fingerprint density at radius 1 is 1.21 bits per heavy atom. The minimum absolute atomic E-state index is 0.143. The van der Waals surface area contributed by atoms with Crippen molar-refractivity contribution >= 4 is 22.5 Å². The third-order valence-corrected chi connectivity index (χ3v) is 3.02. The Morgan fingerprint density at radius 2 is 1.79 bits per heavy atom. The van der Waals surface area contributed by atoms with Crippen LogP contribution in [0.15, 0.2) is 16.9 Å². The van der Waals surface area contributed by atoms with Crippen molar-refractivity contribution < 1.29 is 9.47 Å². The Bertz CT molecular complexity index is 667. The van der Waals surface area contributed by atoms with Crippen LogP contribution in [0.2, 0.25) is 5.28 Å². The Morgan fingerprint density at radius 3 is 2.37 bits per heavy atom. The average molecular weight is 283 g/mol. The molecule has 2 aromatic rings. The molecule has 0 saturated carbocycles. The van der Waals surface area contributed by atoms with E-state index in [0.29, 0.717) is 35.6 Å². The molecule has 0 spiro atoms. The summed E-state index contributed by atoms with van der Waals surface area (Å²) >= 11 is 5.90. The second-order valence-electron chi connectivity index (χ2n) is 3.93. The first-order valence-electron chi connectivity index (χ1n) is 6.04. The third-order valence-electron chi connectivity index (χ3n) is 2.69. The predicted molar refractivity (Wildman–Crippen MR) is 74.3 cm³/mol. The van der Waals surface area contributed by atoms with Gasteiger partial charge in [-0.15, -0.1) is 0 Å². The van der Waals surface area contributed by atoms with Crippen molar-refractivity contribution in [2.24, 2.45) is 7.05 Å². The number of hydrogen-bond donors (Lipinski definition) is 0. The largest absolute Gasteiger partial charge is 0.490 e. The van der Waals surface area contributed by atoms with Gasteiger partial charge in [-0.05, 0) is 31.5 Å². The lowest BCUT2D eigenvalue weighted by molar-refractivity contribution is 0.288. The van der Waals surface area contributed by atoms with E-state index in [4.69, 9.17) is 21.1 Å². The number of rotatable bonds is 4. The summed E-state index contributed by atoms with van der Waals surface area (Å²) in [7, 11) is 1.58. The number of nitrogens with zero attached hydrogens (tertiary/aromatic N) is 2. The van der Waals surface area contributed by atoms with Gasteiger partial charge in [-0.3, -0.25) is 9.36 Å². The summed E-state index contributed by atoms with van der Waals surface area (Å²) in [6.45, 7) is 4.75. The van der Waals surface area contributed by atoms with Crippen molar-refractivity contribution in [3.05, 3.63) is 27.8 Å². The molecular formula is C13H15ClN2O3. The van der Waals surface area contributed by atoms with E-state index in [1.807, 2.05) is 13.8 Å². The lowest BCUT2D eigenvalue weighted by atomic mass is 10.2. The van der Waals surface area contributed by atoms with Gasteiger partial charge in [-0.25, -0.2) is 4.98 Å². The van der Waals surface area contributed by atoms with Crippen LogP contribution in [0.5, 0.6) is 11.5 Å². The van der Waals surface area contributed by atoms with Crippen LogP contribution in [0.25, 0.3) is 10.9 Å². The maximum absolute atomic E-state index is 12.1. The van der Waals surface area contributed by atoms with Crippen LogP contribution in [0.3, 0.4) is 0 Å². The molecule has 102 valence electrons. The van der Waals surface area contributed by atoms with E-state index in [1.54, 1.807) is 19.2 Å². The number of benzene rings is 1. The quantitative estimate of drug-likeness (QED) is 0.808. The molecule has 0 fully saturated rings. The lowest BCUT2D eigenvalue weighted by Gasteiger charge is -2.12. The molecule has 1 aromatic carbocycles. The molecule has 0 amide bonds. The Balaban J connectivity index is 2.73. The number of fused-ring (bicyclic) bond motifs is 1. The van der Waals surface area contributed by atoms with Gasteiger partial charge in [0, 0.05) is 13.1 Å². The Hall–Kier alpha value is -1.75. The zero-order chi connectivity index (χ0) is 14.0. The predicted octanol–water partition coefficient (Wildman–Crippen LogP) is 2.38. The SMILES string of the molecule is CCOc1cc2nc(Cl)n(C)c(=O)c2cc1OCC. The molecule has 6 heteroatoms. The molecular weight excluding hydrogens is 268 g/mol. The lowest BCUT2D eigenvalue weighted by Crippen LogP contribution is -2.18. The minimum Gasteiger partial charge on any atom is -0.490 e. The molecule has 0 aliphatic carbocycles. The highest BCUT2D eigenvalue weighted by molar-refractivity contribution is 6.28. The highest BCUT2D eigenvalue weighted by atomic mass is 35.5. The van der Waals surface area contributed by atoms with E-state index in [2.05, 4.69) is 4.98 Å². The highest BCUT2D eigenvalue weighted by Crippen LogP contribution is 2.31. The number of hydrogen-bond acceptors (Lipinski definition) is 4. The summed E-state index contributed by atoms with van der Waals surface area (Å²) < 4.78 is 12.3. The van der Waals surface area contributed by atoms with Gasteiger partial charge in [-0.1, -0.05) is 0 Å². The van der Waals surface area contributed by atoms with Gasteiger partial charge in [-0.2, -0.15) is 0 Å². The standard InChI is InChI=1S/C13H15ClN2O3/c1-4-18-10-6-8-9(7-11(10)19-5-2)15-13(14)16(3)12(8)17/h6-7H,4-5H2,1-3H3. The second-order valence-corrected chi connectivity index (χ2v) is 4.27. The molecule has 0 unspecified atom stereocenters. The maximum Gasteiger partial charge on any atom is 0.262 e. The van der Waals surface area contributed by atoms with Crippen LogP contribution in [-0.4, -0.2) is 22.8 Å². The Kier molecular flexibility index (Phi) is 3.95. The minimum atomic E-state index is -0.209. The van der Waals surface area contributed by atoms with Crippen molar-refractivity contribution in [3.63, 3.8) is 0 Å². The van der Waals surface area contributed by atoms with E-state index < -0.39 is 0 Å². The normalized spacial score (nSPS) is 10.7. The molecule has 0 radical (unpaired) electrons. The molecule has 0 atom stereocenters. The number of ether oxygens (including phenoxy) is 2. The first-order valence-corrected chi connectivity index (χ1v) is 6.42. The molecule has 1 aromatic heterocycles. The molecule has 0 aliphatic rings. The number of halogens is 1. The van der Waals surface area contributed by atoms with Crippen LogP contribution >= 0.6 is 11.6 Å². The van der Waals surface area contributed by atoms with Crippen molar-refractivity contribution in [3.8, 4) is 11.5 Å². The van der Waals surface area contributed by atoms with Crippen molar-refractivity contribution in [1.82, 2.24) is 9.55 Å². The zero-order valence-electron chi connectivity index (χ0n) is 11.1. The van der Waals surface area contributed by atoms with E-state index in [9.17, 15) is 4.79 Å². The molecule has 0 bridgehead atoms. The van der Waals surface area contributed by atoms with E-state index in [-0.39, 0.29) is 10.8 Å². The molecule has 0 N–H and O–H groups in total. The van der Waals surface area contributed by atoms with Crippen LogP contribution in [0, 0.1) is 0 Å². The van der Waals surface area contributed by atoms with Crippen molar-refractivity contribution in [2.45, 2.75) is 13.8 Å². The molecule has 0 aliphatic heterocycles. The Labute approximate surface area is 115 Å². The van der Waals surface area contributed by atoms with Crippen molar-refractivity contribution in [2.75, 3.05) is 13.2 Å². The fraction of sp³-hybridized carbons (Fsp3) is 0.385. The van der Waals surface area contributed by atoms with Gasteiger partial charge in [0.25, 0.3) is 5.56 Å². The van der Waals surface area contributed by atoms with Gasteiger partial charge >= 0.3 is 0 Å². The molecule has 2 rings (SSSR count).